The second-order valence-corrected chi connectivity index (χ2v) is 11.7. The summed E-state index contributed by atoms with van der Waals surface area (Å²) in [4.78, 5) is 24.0. The summed E-state index contributed by atoms with van der Waals surface area (Å²) in [5.74, 6) is 2.02. The Balaban J connectivity index is 1.37. The lowest BCUT2D eigenvalue weighted by Crippen LogP contribution is -2.46. The van der Waals surface area contributed by atoms with Crippen molar-refractivity contribution in [3.63, 3.8) is 0 Å². The van der Waals surface area contributed by atoms with E-state index in [0.717, 1.165) is 24.3 Å². The number of alkyl carbamates (subject to hydrolysis) is 1. The highest BCUT2D eigenvalue weighted by atomic mass is 32.2. The number of unbranched alkanes of at least 4 members (excludes halogenated alkanes) is 15. The SMILES string of the molecule is CCCCCCCCCCCCCCCCCCNC(=O)OCC1(COC(=O)Oc2ccccc2)CSC1. The van der Waals surface area contributed by atoms with Gasteiger partial charge >= 0.3 is 12.2 Å². The third-order valence-corrected chi connectivity index (χ3v) is 8.70. The average Bonchev–Trinajstić information content (AvgIpc) is 2.90. The number of para-hydroxylation sites is 1. The van der Waals surface area contributed by atoms with E-state index < -0.39 is 12.2 Å². The molecule has 1 aromatic rings. The molecule has 1 heterocycles. The number of thioether (sulfide) groups is 1. The normalized spacial score (nSPS) is 13.9. The standard InChI is InChI=1S/C31H51NO5S/c1-2-3-4-5-6-7-8-9-10-11-12-13-14-15-16-20-23-32-29(33)35-24-31(26-38-27-31)25-36-30(34)37-28-21-18-17-19-22-28/h17-19,21-22H,2-16,20,23-27H2,1H3,(H,32,33). The Morgan fingerprint density at radius 2 is 1.24 bits per heavy atom. The number of benzene rings is 1. The maximum atomic E-state index is 12.1. The number of nitrogens with one attached hydrogen (secondary N) is 1. The van der Waals surface area contributed by atoms with Gasteiger partial charge in [0.25, 0.3) is 0 Å². The molecule has 0 saturated carbocycles. The van der Waals surface area contributed by atoms with Crippen LogP contribution in [0.15, 0.2) is 30.3 Å². The zero-order valence-corrected chi connectivity index (χ0v) is 24.5. The van der Waals surface area contributed by atoms with Crippen LogP contribution in [0.2, 0.25) is 0 Å². The summed E-state index contributed by atoms with van der Waals surface area (Å²) in [6.07, 6.45) is 20.2. The highest BCUT2D eigenvalue weighted by Crippen LogP contribution is 2.38. The summed E-state index contributed by atoms with van der Waals surface area (Å²) in [7, 11) is 0. The van der Waals surface area contributed by atoms with Crippen molar-refractivity contribution in [3.05, 3.63) is 30.3 Å². The number of hydrogen-bond acceptors (Lipinski definition) is 6. The Morgan fingerprint density at radius 1 is 0.737 bits per heavy atom. The van der Waals surface area contributed by atoms with Gasteiger partial charge < -0.3 is 19.5 Å². The molecule has 1 amide bonds. The van der Waals surface area contributed by atoms with Crippen molar-refractivity contribution < 1.29 is 23.8 Å². The highest BCUT2D eigenvalue weighted by Gasteiger charge is 2.41. The van der Waals surface area contributed by atoms with Gasteiger partial charge in [-0.15, -0.1) is 0 Å². The van der Waals surface area contributed by atoms with Gasteiger partial charge in [-0.3, -0.25) is 0 Å². The van der Waals surface area contributed by atoms with Gasteiger partial charge in [-0.05, 0) is 18.6 Å². The summed E-state index contributed by atoms with van der Waals surface area (Å²) in [6, 6.07) is 8.83. The van der Waals surface area contributed by atoms with Gasteiger partial charge in [-0.1, -0.05) is 121 Å². The van der Waals surface area contributed by atoms with E-state index in [0.29, 0.717) is 12.3 Å². The number of hydrogen-bond donors (Lipinski definition) is 1. The Hall–Kier alpha value is -1.89. The summed E-state index contributed by atoms with van der Waals surface area (Å²) in [5, 5.41) is 2.85. The molecule has 0 aliphatic carbocycles. The molecule has 2 rings (SSSR count). The lowest BCUT2D eigenvalue weighted by Gasteiger charge is -2.39. The van der Waals surface area contributed by atoms with Gasteiger partial charge in [0.15, 0.2) is 0 Å². The van der Waals surface area contributed by atoms with Crippen LogP contribution in [0, 0.1) is 5.41 Å². The molecule has 6 nitrogen and oxygen atoms in total. The minimum absolute atomic E-state index is 0.179. The predicted octanol–water partition coefficient (Wildman–Crippen LogP) is 8.92. The Bertz CT molecular complexity index is 741. The molecule has 0 aromatic heterocycles. The lowest BCUT2D eigenvalue weighted by molar-refractivity contribution is 0.0293. The van der Waals surface area contributed by atoms with E-state index in [1.54, 1.807) is 36.0 Å². The van der Waals surface area contributed by atoms with E-state index in [1.165, 1.54) is 89.9 Å². The fraction of sp³-hybridized carbons (Fsp3) is 0.742. The Kier molecular flexibility index (Phi) is 17.9. The molecule has 38 heavy (non-hydrogen) atoms. The quantitative estimate of drug-likeness (QED) is 0.0884. The van der Waals surface area contributed by atoms with E-state index in [2.05, 4.69) is 12.2 Å². The van der Waals surface area contributed by atoms with Gasteiger partial charge in [-0.25, -0.2) is 9.59 Å². The average molecular weight is 550 g/mol. The minimum atomic E-state index is -0.736. The fourth-order valence-electron chi connectivity index (χ4n) is 4.56. The zero-order valence-electron chi connectivity index (χ0n) is 23.7. The van der Waals surface area contributed by atoms with E-state index in [-0.39, 0.29) is 18.6 Å². The molecule has 1 aromatic carbocycles. The molecule has 216 valence electrons. The summed E-state index contributed by atoms with van der Waals surface area (Å²) < 4.78 is 15.9. The summed E-state index contributed by atoms with van der Waals surface area (Å²) in [5.41, 5.74) is -0.327. The van der Waals surface area contributed by atoms with Gasteiger partial charge in [-0.2, -0.15) is 11.8 Å². The van der Waals surface area contributed by atoms with Crippen LogP contribution in [0.25, 0.3) is 0 Å². The highest BCUT2D eigenvalue weighted by molar-refractivity contribution is 8.00. The van der Waals surface area contributed by atoms with E-state index in [1.807, 2.05) is 6.07 Å². The van der Waals surface area contributed by atoms with Gasteiger partial charge in [0, 0.05) is 18.1 Å². The van der Waals surface area contributed by atoms with Crippen LogP contribution in [-0.4, -0.2) is 43.5 Å². The van der Waals surface area contributed by atoms with Crippen LogP contribution in [0.4, 0.5) is 9.59 Å². The summed E-state index contributed by atoms with van der Waals surface area (Å²) >= 11 is 1.75. The molecular weight excluding hydrogens is 498 g/mol. The topological polar surface area (TPSA) is 73.9 Å². The van der Waals surface area contributed by atoms with Gasteiger partial charge in [0.1, 0.15) is 19.0 Å². The van der Waals surface area contributed by atoms with Crippen molar-refractivity contribution in [1.29, 1.82) is 0 Å². The van der Waals surface area contributed by atoms with Crippen LogP contribution < -0.4 is 10.1 Å². The third kappa shape index (κ3) is 15.5. The van der Waals surface area contributed by atoms with Crippen LogP contribution >= 0.6 is 11.8 Å². The number of amides is 1. The van der Waals surface area contributed by atoms with Crippen LogP contribution in [0.3, 0.4) is 0 Å². The molecule has 0 unspecified atom stereocenters. The predicted molar refractivity (Wildman–Crippen MR) is 157 cm³/mol. The van der Waals surface area contributed by atoms with Gasteiger partial charge in [0.05, 0.1) is 5.41 Å². The number of rotatable bonds is 22. The number of ether oxygens (including phenoxy) is 3. The second-order valence-electron chi connectivity index (χ2n) is 10.8. The van der Waals surface area contributed by atoms with Gasteiger partial charge in [0.2, 0.25) is 0 Å². The van der Waals surface area contributed by atoms with E-state index in [4.69, 9.17) is 14.2 Å². The molecular formula is C31H51NO5S. The minimum Gasteiger partial charge on any atom is -0.449 e. The van der Waals surface area contributed by atoms with Crippen molar-refractivity contribution >= 4 is 24.0 Å². The van der Waals surface area contributed by atoms with Crippen molar-refractivity contribution in [2.24, 2.45) is 5.41 Å². The zero-order chi connectivity index (χ0) is 27.2. The molecule has 1 aliphatic heterocycles. The second kappa shape index (κ2) is 21.0. The maximum Gasteiger partial charge on any atom is 0.513 e. The number of carbonyl (C=O) groups excluding carboxylic acids is 2. The first-order valence-electron chi connectivity index (χ1n) is 15.0. The van der Waals surface area contributed by atoms with Crippen molar-refractivity contribution in [2.75, 3.05) is 31.3 Å². The van der Waals surface area contributed by atoms with Crippen molar-refractivity contribution in [2.45, 2.75) is 110 Å². The Morgan fingerprint density at radius 3 is 1.74 bits per heavy atom. The summed E-state index contributed by atoms with van der Waals surface area (Å²) in [6.45, 7) is 3.33. The molecule has 0 atom stereocenters. The molecule has 1 saturated heterocycles. The largest absolute Gasteiger partial charge is 0.513 e. The van der Waals surface area contributed by atoms with E-state index >= 15 is 0 Å². The first kappa shape index (κ1) is 32.3. The smallest absolute Gasteiger partial charge is 0.449 e. The molecule has 7 heteroatoms. The Labute approximate surface area is 235 Å². The molecule has 1 aliphatic rings. The van der Waals surface area contributed by atoms with Crippen molar-refractivity contribution in [1.82, 2.24) is 5.32 Å². The fourth-order valence-corrected chi connectivity index (χ4v) is 5.67. The van der Waals surface area contributed by atoms with Crippen molar-refractivity contribution in [3.8, 4) is 5.75 Å². The van der Waals surface area contributed by atoms with E-state index in [9.17, 15) is 9.59 Å². The molecule has 0 bridgehead atoms. The molecule has 0 spiro atoms. The molecule has 1 N–H and O–H groups in total. The van der Waals surface area contributed by atoms with Crippen LogP contribution in [0.5, 0.6) is 5.75 Å². The first-order chi connectivity index (χ1) is 18.6. The molecule has 0 radical (unpaired) electrons. The maximum absolute atomic E-state index is 12.1. The van der Waals surface area contributed by atoms with Crippen LogP contribution in [0.1, 0.15) is 110 Å². The van der Waals surface area contributed by atoms with Crippen LogP contribution in [-0.2, 0) is 9.47 Å². The first-order valence-corrected chi connectivity index (χ1v) is 16.2. The molecule has 1 fully saturated rings. The lowest BCUT2D eigenvalue weighted by atomic mass is 9.94. The third-order valence-electron chi connectivity index (χ3n) is 7.07. The number of carbonyl (C=O) groups is 2. The monoisotopic (exact) mass is 549 g/mol.